The van der Waals surface area contributed by atoms with Gasteiger partial charge < -0.3 is 33.6 Å². The van der Waals surface area contributed by atoms with Crippen molar-refractivity contribution >= 4 is 11.6 Å². The summed E-state index contributed by atoms with van der Waals surface area (Å²) in [5, 5.41) is 11.4. The Balaban J connectivity index is 0.000000259. The van der Waals surface area contributed by atoms with E-state index in [1.807, 2.05) is 46.9 Å². The molecule has 462 valence electrons. The molecule has 2 N–H and O–H groups in total. The monoisotopic (exact) mass is 1160 g/mol. The van der Waals surface area contributed by atoms with E-state index in [1.54, 1.807) is 5.48 Å². The van der Waals surface area contributed by atoms with Crippen LogP contribution in [0.2, 0.25) is 0 Å². The van der Waals surface area contributed by atoms with Crippen LogP contribution in [0.25, 0.3) is 9.69 Å². The summed E-state index contributed by atoms with van der Waals surface area (Å²) < 4.78 is 23.3. The molecule has 1 saturated carbocycles. The zero-order valence-electron chi connectivity index (χ0n) is 51.9. The van der Waals surface area contributed by atoms with Crippen LogP contribution in [0.5, 0.6) is 17.6 Å². The van der Waals surface area contributed by atoms with Crippen LogP contribution in [-0.4, -0.2) is 84.7 Å². The van der Waals surface area contributed by atoms with Crippen LogP contribution in [0, 0.1) is 42.7 Å². The number of carbonyl (C=O) groups is 2. The van der Waals surface area contributed by atoms with Crippen LogP contribution in [0.1, 0.15) is 241 Å². The van der Waals surface area contributed by atoms with Gasteiger partial charge in [-0.25, -0.2) is 31.8 Å². The second-order valence-electron chi connectivity index (χ2n) is 26.9. The highest BCUT2D eigenvalue weighted by Gasteiger charge is 2.57. The molecule has 6 aliphatic carbocycles. The predicted octanol–water partition coefficient (Wildman–Crippen LogP) is 13.7. The molecule has 4 heterocycles. The lowest BCUT2D eigenvalue weighted by atomic mass is 9.55. The first-order chi connectivity index (χ1) is 37.9. The van der Waals surface area contributed by atoms with E-state index in [0.717, 1.165) is 96.6 Å². The summed E-state index contributed by atoms with van der Waals surface area (Å²) in [5.74, 6) is 6.54. The maximum atomic E-state index is 12.6. The van der Waals surface area contributed by atoms with Crippen LogP contribution in [-0.2, 0) is 67.8 Å². The summed E-state index contributed by atoms with van der Waals surface area (Å²) in [4.78, 5) is 61.6. The summed E-state index contributed by atoms with van der Waals surface area (Å²) in [7, 11) is 1.43. The molecule has 10 rings (SSSR count). The molecule has 4 aromatic rings. The third-order valence-electron chi connectivity index (χ3n) is 18.1. The van der Waals surface area contributed by atoms with Gasteiger partial charge in [0.25, 0.3) is 6.04 Å². The van der Waals surface area contributed by atoms with Gasteiger partial charge in [-0.1, -0.05) is 137 Å². The number of aromatic nitrogens is 7. The number of allylic oxidation sites excluding steroid dienone is 2. The molecule has 1 unspecified atom stereocenters. The number of ketones is 2. The van der Waals surface area contributed by atoms with Crippen molar-refractivity contribution < 1.29 is 33.5 Å². The minimum Gasteiger partial charge on any atom is -0.478 e. The maximum Gasteiger partial charge on any atom is 0.282 e. The quantitative estimate of drug-likeness (QED) is 0.136. The summed E-state index contributed by atoms with van der Waals surface area (Å²) in [6.07, 6.45) is 10.7. The van der Waals surface area contributed by atoms with Gasteiger partial charge in [-0.2, -0.15) is 15.0 Å². The number of Topliss-reactive ketones (excluding diaryl/α,β-unsaturated/α-hetero) is 2. The molecule has 0 spiro atoms. The van der Waals surface area contributed by atoms with Crippen molar-refractivity contribution in [3.05, 3.63) is 103 Å². The lowest BCUT2D eigenvalue weighted by Crippen LogP contribution is -2.52. The SMILES string of the molecule is C.C.C.CCOc1nc(C(C)(C)C)nc2c1CC[C@H]1[C@H](C)c3oncc3C[C@]21C.CNO.[C-]#[N+]C1=C[C@]2(C)c3nc(C(C)(C)C)nc(OCC)c3CC[C@H]2[C@H](C)C1=O.[C-]#[N+]C1C[C@]2(C)c3nc(C(C)(C)C)nc(OCC)c3CC[C@H]2[C@H](C)C1=O. The first kappa shape index (κ1) is 70.3. The Morgan fingerprint density at radius 1 is 0.643 bits per heavy atom. The first-order valence-corrected chi connectivity index (χ1v) is 29.4. The number of ether oxygens (including phenoxy) is 3. The largest absolute Gasteiger partial charge is 0.478 e. The smallest absolute Gasteiger partial charge is 0.282 e. The molecule has 0 saturated heterocycles. The fourth-order valence-corrected chi connectivity index (χ4v) is 13.9. The molecule has 84 heavy (non-hydrogen) atoms. The molecule has 0 radical (unpaired) electrons. The number of hydrogen-bond donors (Lipinski definition) is 2. The van der Waals surface area contributed by atoms with E-state index in [2.05, 4.69) is 105 Å². The Morgan fingerprint density at radius 3 is 1.46 bits per heavy atom. The molecule has 0 amide bonds. The Kier molecular flexibility index (Phi) is 22.3. The second kappa shape index (κ2) is 26.6. The molecule has 10 atom stereocenters. The van der Waals surface area contributed by atoms with Crippen molar-refractivity contribution in [1.82, 2.24) is 40.5 Å². The summed E-state index contributed by atoms with van der Waals surface area (Å²) >= 11 is 0. The molecular formula is C67H102N10O7. The average molecular weight is 1160 g/mol. The third-order valence-corrected chi connectivity index (χ3v) is 18.1. The van der Waals surface area contributed by atoms with Crippen molar-refractivity contribution in [2.24, 2.45) is 29.6 Å². The molecule has 0 bridgehead atoms. The average Bonchev–Trinajstić information content (AvgIpc) is 1.19. The molecule has 6 aliphatic rings. The van der Waals surface area contributed by atoms with Crippen LogP contribution in [0.4, 0.5) is 0 Å². The van der Waals surface area contributed by atoms with E-state index in [1.165, 1.54) is 23.9 Å². The van der Waals surface area contributed by atoms with Gasteiger partial charge in [0.05, 0.1) is 49.7 Å². The number of carbonyl (C=O) groups excluding carboxylic acids is 2. The van der Waals surface area contributed by atoms with Gasteiger partial charge in [0.15, 0.2) is 5.78 Å². The van der Waals surface area contributed by atoms with Gasteiger partial charge in [0.2, 0.25) is 29.1 Å². The van der Waals surface area contributed by atoms with E-state index < -0.39 is 11.5 Å². The topological polar surface area (TPSA) is 206 Å². The van der Waals surface area contributed by atoms with E-state index >= 15 is 0 Å². The molecule has 0 aromatic carbocycles. The zero-order valence-corrected chi connectivity index (χ0v) is 51.9. The van der Waals surface area contributed by atoms with Crippen molar-refractivity contribution in [2.45, 2.75) is 243 Å². The van der Waals surface area contributed by atoms with E-state index in [-0.39, 0.29) is 90.3 Å². The van der Waals surface area contributed by atoms with Gasteiger partial charge in [-0.05, 0) is 83.5 Å². The fraction of sp³-hybridized carbons (Fsp3) is 0.687. The zero-order chi connectivity index (χ0) is 59.9. The molecule has 17 heteroatoms. The molecule has 0 aliphatic heterocycles. The Bertz CT molecular complexity index is 3120. The third kappa shape index (κ3) is 13.0. The fourth-order valence-electron chi connectivity index (χ4n) is 13.9. The molecule has 4 aromatic heterocycles. The molecule has 1 fully saturated rings. The number of rotatable bonds is 6. The second-order valence-corrected chi connectivity index (χ2v) is 26.9. The van der Waals surface area contributed by atoms with Crippen LogP contribution in [0.3, 0.4) is 0 Å². The number of hydrogen-bond acceptors (Lipinski definition) is 15. The number of nitrogens with one attached hydrogen (secondary N) is 1. The highest BCUT2D eigenvalue weighted by Crippen LogP contribution is 2.56. The van der Waals surface area contributed by atoms with E-state index in [0.29, 0.717) is 49.8 Å². The lowest BCUT2D eigenvalue weighted by molar-refractivity contribution is -0.129. The predicted molar refractivity (Wildman–Crippen MR) is 331 cm³/mol. The van der Waals surface area contributed by atoms with Crippen LogP contribution >= 0.6 is 0 Å². The lowest BCUT2D eigenvalue weighted by Gasteiger charge is -2.47. The minimum atomic E-state index is -0.569. The minimum absolute atomic E-state index is 0. The van der Waals surface area contributed by atoms with E-state index in [9.17, 15) is 9.59 Å². The highest BCUT2D eigenvalue weighted by atomic mass is 16.5. The standard InChI is InChI=1S/2C21H29N3O2.C21H27N3O2.CH5NO.3CH4/c1-7-25-18-14-8-9-15-12(2)16-13(11-22-26-16)10-21(15,6)17(14)23-19(24-18)20(3,4)5;2*1-8-26-18-13-9-10-14-12(2)16(25)15(22-7)11-21(14,6)17(13)23-19(24-18)20(3,4)5;1-2-3;;;/h11-12,15H,7-10H2,1-6H3;12,14-15H,8-11H2,1-6H3;11-12,14H,8-10H2,1-6H3;2-3H,1H3;3*1H4/t12-,15-,21-;12-,14-,15?,21-;12-,14-,21-;;;;/m000..../s1. The molecule has 17 nitrogen and oxygen atoms in total. The van der Waals surface area contributed by atoms with Crippen LogP contribution < -0.4 is 19.7 Å². The number of nitrogens with zero attached hydrogens (tertiary/aromatic N) is 9. The van der Waals surface area contributed by atoms with Crippen molar-refractivity contribution in [3.8, 4) is 17.6 Å². The summed E-state index contributed by atoms with van der Waals surface area (Å²) in [5.41, 5.74) is 8.31. The Morgan fingerprint density at radius 2 is 1.05 bits per heavy atom. The Hall–Kier alpha value is -6.17. The Labute approximate surface area is 503 Å². The normalized spacial score (nSPS) is 26.9. The number of hydroxylamine groups is 1. The van der Waals surface area contributed by atoms with Crippen molar-refractivity contribution in [3.63, 3.8) is 0 Å². The maximum absolute atomic E-state index is 12.6. The first-order valence-electron chi connectivity index (χ1n) is 29.4. The van der Waals surface area contributed by atoms with Gasteiger partial charge >= 0.3 is 0 Å². The summed E-state index contributed by atoms with van der Waals surface area (Å²) in [6, 6.07) is -0.569. The van der Waals surface area contributed by atoms with Crippen molar-refractivity contribution in [1.29, 1.82) is 0 Å². The van der Waals surface area contributed by atoms with E-state index in [4.69, 9.17) is 67.0 Å². The molecular weight excluding hydrogens is 1060 g/mol. The van der Waals surface area contributed by atoms with Gasteiger partial charge in [-0.3, -0.25) is 4.79 Å². The number of fused-ring (bicyclic) bond motifs is 10. The highest BCUT2D eigenvalue weighted by molar-refractivity contribution is 6.00. The van der Waals surface area contributed by atoms with Crippen molar-refractivity contribution in [2.75, 3.05) is 26.9 Å². The summed E-state index contributed by atoms with van der Waals surface area (Å²) in [6.45, 7) is 54.5. The van der Waals surface area contributed by atoms with Gasteiger partial charge in [0.1, 0.15) is 23.2 Å². The van der Waals surface area contributed by atoms with Crippen LogP contribution in [0.15, 0.2) is 22.5 Å². The van der Waals surface area contributed by atoms with Gasteiger partial charge in [-0.15, -0.1) is 0 Å². The van der Waals surface area contributed by atoms with Gasteiger partial charge in [0, 0.05) is 86.0 Å².